The first kappa shape index (κ1) is 10.2. The van der Waals surface area contributed by atoms with Crippen molar-refractivity contribution in [2.45, 2.75) is 32.2 Å². The first-order chi connectivity index (χ1) is 9.24. The molecule has 5 rings (SSSR count). The molecule has 19 heavy (non-hydrogen) atoms. The Balaban J connectivity index is 1.66. The minimum Gasteiger partial charge on any atom is -0.369 e. The Morgan fingerprint density at radius 1 is 1.16 bits per heavy atom. The van der Waals surface area contributed by atoms with E-state index in [0.717, 1.165) is 40.5 Å². The minimum absolute atomic E-state index is 0.588. The number of nitrogens with zero attached hydrogens (tertiary/aromatic N) is 3. The summed E-state index contributed by atoms with van der Waals surface area (Å²) in [6.45, 7) is 2.03. The number of aryl methyl sites for hydroxylation is 1. The van der Waals surface area contributed by atoms with E-state index in [9.17, 15) is 0 Å². The SMILES string of the molecule is Cc1ccc2nc(N)n(C3C4C5CCC(C5)C43)c2n1. The summed E-state index contributed by atoms with van der Waals surface area (Å²) in [5.74, 6) is 4.27. The van der Waals surface area contributed by atoms with Gasteiger partial charge < -0.3 is 5.73 Å². The molecular weight excluding hydrogens is 236 g/mol. The maximum absolute atomic E-state index is 6.17. The molecule has 0 spiro atoms. The number of fused-ring (bicyclic) bond motifs is 6. The molecule has 3 saturated carbocycles. The fourth-order valence-electron chi connectivity index (χ4n) is 5.00. The van der Waals surface area contributed by atoms with Gasteiger partial charge in [0.1, 0.15) is 5.52 Å². The molecule has 0 aromatic carbocycles. The van der Waals surface area contributed by atoms with Crippen molar-refractivity contribution >= 4 is 17.1 Å². The van der Waals surface area contributed by atoms with Gasteiger partial charge in [-0.1, -0.05) is 0 Å². The third-order valence-corrected chi connectivity index (χ3v) is 5.70. The van der Waals surface area contributed by atoms with Crippen LogP contribution in [0.15, 0.2) is 12.1 Å². The highest BCUT2D eigenvalue weighted by Crippen LogP contribution is 2.72. The second-order valence-corrected chi connectivity index (χ2v) is 6.61. The molecule has 3 aliphatic carbocycles. The maximum atomic E-state index is 6.17. The van der Waals surface area contributed by atoms with E-state index in [4.69, 9.17) is 5.73 Å². The van der Waals surface area contributed by atoms with Crippen LogP contribution in [0, 0.1) is 30.6 Å². The normalized spacial score (nSPS) is 38.9. The summed E-state index contributed by atoms with van der Waals surface area (Å²) in [7, 11) is 0. The predicted molar refractivity (Wildman–Crippen MR) is 73.5 cm³/mol. The second-order valence-electron chi connectivity index (χ2n) is 6.61. The van der Waals surface area contributed by atoms with E-state index in [1.807, 2.05) is 19.1 Å². The van der Waals surface area contributed by atoms with Crippen LogP contribution >= 0.6 is 0 Å². The van der Waals surface area contributed by atoms with Gasteiger partial charge in [-0.25, -0.2) is 9.97 Å². The van der Waals surface area contributed by atoms with Crippen molar-refractivity contribution < 1.29 is 0 Å². The lowest BCUT2D eigenvalue weighted by atomic mass is 10.0. The van der Waals surface area contributed by atoms with Crippen LogP contribution in [0.3, 0.4) is 0 Å². The van der Waals surface area contributed by atoms with Crippen LogP contribution in [-0.2, 0) is 0 Å². The largest absolute Gasteiger partial charge is 0.369 e. The highest BCUT2D eigenvalue weighted by Gasteiger charge is 2.66. The van der Waals surface area contributed by atoms with Gasteiger partial charge in [0.2, 0.25) is 5.95 Å². The van der Waals surface area contributed by atoms with Gasteiger partial charge in [-0.3, -0.25) is 4.57 Å². The van der Waals surface area contributed by atoms with Crippen LogP contribution in [0.1, 0.15) is 31.0 Å². The van der Waals surface area contributed by atoms with Gasteiger partial charge >= 0.3 is 0 Å². The fraction of sp³-hybridized carbons (Fsp3) is 0.600. The summed E-state index contributed by atoms with van der Waals surface area (Å²) in [6.07, 6.45) is 4.33. The molecule has 0 radical (unpaired) electrons. The molecule has 0 amide bonds. The molecule has 98 valence electrons. The number of aromatic nitrogens is 3. The van der Waals surface area contributed by atoms with E-state index in [1.165, 1.54) is 19.3 Å². The zero-order valence-corrected chi connectivity index (χ0v) is 11.1. The number of hydrogen-bond donors (Lipinski definition) is 1. The summed E-state index contributed by atoms with van der Waals surface area (Å²) in [4.78, 5) is 9.17. The van der Waals surface area contributed by atoms with Crippen molar-refractivity contribution in [1.29, 1.82) is 0 Å². The molecule has 2 aromatic heterocycles. The smallest absolute Gasteiger partial charge is 0.202 e. The number of nitrogen functional groups attached to an aromatic ring is 1. The monoisotopic (exact) mass is 254 g/mol. The van der Waals surface area contributed by atoms with Gasteiger partial charge in [0, 0.05) is 11.7 Å². The van der Waals surface area contributed by atoms with Gasteiger partial charge in [-0.05, 0) is 62.0 Å². The Bertz CT molecular complexity index is 673. The summed E-state index contributed by atoms with van der Waals surface area (Å²) >= 11 is 0. The lowest BCUT2D eigenvalue weighted by molar-refractivity contribution is 0.456. The highest BCUT2D eigenvalue weighted by atomic mass is 15.2. The summed E-state index contributed by atoms with van der Waals surface area (Å²) in [5, 5.41) is 0. The molecule has 4 nitrogen and oxygen atoms in total. The molecule has 4 heteroatoms. The van der Waals surface area contributed by atoms with Gasteiger partial charge in [-0.2, -0.15) is 0 Å². The molecule has 2 aromatic rings. The number of anilines is 1. The molecule has 0 saturated heterocycles. The second kappa shape index (κ2) is 3.11. The molecule has 2 N–H and O–H groups in total. The van der Waals surface area contributed by atoms with Crippen LogP contribution in [-0.4, -0.2) is 14.5 Å². The molecule has 3 fully saturated rings. The lowest BCUT2D eigenvalue weighted by Gasteiger charge is -2.11. The Hall–Kier alpha value is -1.58. The van der Waals surface area contributed by atoms with Crippen LogP contribution in [0.4, 0.5) is 5.95 Å². The molecule has 2 heterocycles. The van der Waals surface area contributed by atoms with E-state index >= 15 is 0 Å². The zero-order chi connectivity index (χ0) is 12.7. The van der Waals surface area contributed by atoms with Gasteiger partial charge in [0.25, 0.3) is 0 Å². The molecule has 4 atom stereocenters. The summed E-state index contributed by atoms with van der Waals surface area (Å²) in [6, 6.07) is 4.64. The third-order valence-electron chi connectivity index (χ3n) is 5.70. The van der Waals surface area contributed by atoms with Crippen molar-refractivity contribution in [3.8, 4) is 0 Å². The van der Waals surface area contributed by atoms with Gasteiger partial charge in [0.05, 0.1) is 0 Å². The van der Waals surface area contributed by atoms with E-state index in [0.29, 0.717) is 12.0 Å². The third kappa shape index (κ3) is 1.15. The van der Waals surface area contributed by atoms with E-state index in [1.54, 1.807) is 0 Å². The van der Waals surface area contributed by atoms with Crippen molar-refractivity contribution in [1.82, 2.24) is 14.5 Å². The molecule has 0 aliphatic heterocycles. The topological polar surface area (TPSA) is 56.7 Å². The van der Waals surface area contributed by atoms with Crippen LogP contribution in [0.5, 0.6) is 0 Å². The van der Waals surface area contributed by atoms with Gasteiger partial charge in [0.15, 0.2) is 5.65 Å². The first-order valence-electron chi connectivity index (χ1n) is 7.35. The zero-order valence-electron chi connectivity index (χ0n) is 11.1. The number of hydrogen-bond acceptors (Lipinski definition) is 3. The average molecular weight is 254 g/mol. The number of nitrogens with two attached hydrogens (primary N) is 1. The summed E-state index contributed by atoms with van der Waals surface area (Å²) in [5.41, 5.74) is 9.16. The predicted octanol–water partition coefficient (Wildman–Crippen LogP) is 2.54. The number of imidazole rings is 1. The van der Waals surface area contributed by atoms with E-state index in [2.05, 4.69) is 14.5 Å². The Morgan fingerprint density at radius 2 is 1.89 bits per heavy atom. The highest BCUT2D eigenvalue weighted by molar-refractivity contribution is 5.74. The number of rotatable bonds is 1. The van der Waals surface area contributed by atoms with Crippen molar-refractivity contribution in [2.24, 2.45) is 23.7 Å². The Kier molecular flexibility index (Phi) is 1.68. The van der Waals surface area contributed by atoms with Crippen LogP contribution in [0.25, 0.3) is 11.2 Å². The maximum Gasteiger partial charge on any atom is 0.202 e. The Labute approximate surface area is 112 Å². The van der Waals surface area contributed by atoms with E-state index < -0.39 is 0 Å². The standard InChI is InChI=1S/C15H18N4/c1-7-2-5-10-14(17-7)19(15(16)18-10)13-11-8-3-4-9(6-8)12(11)13/h2,5,8-9,11-13H,3-4,6H2,1H3,(H2,16,18). The number of pyridine rings is 1. The van der Waals surface area contributed by atoms with Crippen LogP contribution < -0.4 is 5.73 Å². The molecule has 4 unspecified atom stereocenters. The van der Waals surface area contributed by atoms with E-state index in [-0.39, 0.29) is 0 Å². The lowest BCUT2D eigenvalue weighted by Crippen LogP contribution is -2.08. The fourth-order valence-corrected chi connectivity index (χ4v) is 5.00. The quantitative estimate of drug-likeness (QED) is 0.850. The average Bonchev–Trinajstić information content (AvgIpc) is 2.75. The van der Waals surface area contributed by atoms with Crippen LogP contribution in [0.2, 0.25) is 0 Å². The Morgan fingerprint density at radius 3 is 2.63 bits per heavy atom. The molecule has 3 aliphatic rings. The van der Waals surface area contributed by atoms with Gasteiger partial charge in [-0.15, -0.1) is 0 Å². The minimum atomic E-state index is 0.588. The van der Waals surface area contributed by atoms with Crippen molar-refractivity contribution in [2.75, 3.05) is 5.73 Å². The first-order valence-corrected chi connectivity index (χ1v) is 7.35. The molecular formula is C15H18N4. The molecule has 2 bridgehead atoms. The van der Waals surface area contributed by atoms with Crippen molar-refractivity contribution in [3.63, 3.8) is 0 Å². The summed E-state index contributed by atoms with van der Waals surface area (Å²) < 4.78 is 2.24. The van der Waals surface area contributed by atoms with Crippen molar-refractivity contribution in [3.05, 3.63) is 17.8 Å².